The van der Waals surface area contributed by atoms with E-state index in [-0.39, 0.29) is 0 Å². The average Bonchev–Trinajstić information content (AvgIpc) is 2.54. The van der Waals surface area contributed by atoms with Gasteiger partial charge < -0.3 is 9.47 Å². The Morgan fingerprint density at radius 1 is 1.00 bits per heavy atom. The molecule has 2 saturated heterocycles. The Kier molecular flexibility index (Phi) is 0.608. The van der Waals surface area contributed by atoms with Crippen molar-refractivity contribution in [3.05, 3.63) is 12.2 Å². The van der Waals surface area contributed by atoms with Gasteiger partial charge in [0.1, 0.15) is 12.2 Å². The lowest BCUT2D eigenvalue weighted by molar-refractivity contribution is 0.336. The van der Waals surface area contributed by atoms with Gasteiger partial charge in [0, 0.05) is 6.42 Å². The quantitative estimate of drug-likeness (QED) is 0.346. The molecule has 48 valence electrons. The van der Waals surface area contributed by atoms with Crippen molar-refractivity contribution in [1.82, 2.24) is 0 Å². The van der Waals surface area contributed by atoms with Gasteiger partial charge in [0.05, 0.1) is 12.2 Å². The highest BCUT2D eigenvalue weighted by molar-refractivity contribution is 5.15. The standard InChI is InChI=1S/C7H8O2/c1-2-5-7(9-5)3-6-4(1)8-6/h1-2,4-7H,3H2/t4-,5-,6+,7+/m0/s1. The highest BCUT2D eigenvalue weighted by Gasteiger charge is 2.49. The zero-order valence-electron chi connectivity index (χ0n) is 4.99. The van der Waals surface area contributed by atoms with E-state index in [0.29, 0.717) is 24.4 Å². The number of fused-ring (bicyclic) bond motifs is 2. The monoisotopic (exact) mass is 124 g/mol. The summed E-state index contributed by atoms with van der Waals surface area (Å²) in [7, 11) is 0. The fraction of sp³-hybridized carbons (Fsp3) is 0.714. The third-order valence-corrected chi connectivity index (χ3v) is 2.20. The number of hydrogen-bond donors (Lipinski definition) is 0. The van der Waals surface area contributed by atoms with E-state index in [1.165, 1.54) is 0 Å². The molecule has 2 heteroatoms. The molecule has 3 rings (SSSR count). The van der Waals surface area contributed by atoms with Crippen molar-refractivity contribution in [2.75, 3.05) is 0 Å². The maximum absolute atomic E-state index is 5.29. The molecular weight excluding hydrogens is 116 g/mol. The molecule has 0 aromatic heterocycles. The molecule has 0 unspecified atom stereocenters. The van der Waals surface area contributed by atoms with E-state index in [1.807, 2.05) is 0 Å². The van der Waals surface area contributed by atoms with E-state index in [1.54, 1.807) is 0 Å². The van der Waals surface area contributed by atoms with Crippen LogP contribution >= 0.6 is 0 Å². The molecule has 2 nitrogen and oxygen atoms in total. The Labute approximate surface area is 53.4 Å². The molecule has 0 aromatic rings. The van der Waals surface area contributed by atoms with Gasteiger partial charge >= 0.3 is 0 Å². The lowest BCUT2D eigenvalue weighted by Crippen LogP contribution is -1.95. The largest absolute Gasteiger partial charge is 0.365 e. The zero-order valence-corrected chi connectivity index (χ0v) is 4.99. The second-order valence-electron chi connectivity index (χ2n) is 2.90. The van der Waals surface area contributed by atoms with Crippen LogP contribution in [0.4, 0.5) is 0 Å². The van der Waals surface area contributed by atoms with E-state index < -0.39 is 0 Å². The van der Waals surface area contributed by atoms with Crippen LogP contribution in [0.15, 0.2) is 12.2 Å². The number of ether oxygens (including phenoxy) is 2. The molecule has 0 bridgehead atoms. The highest BCUT2D eigenvalue weighted by Crippen LogP contribution is 2.39. The molecule has 1 aliphatic carbocycles. The minimum Gasteiger partial charge on any atom is -0.365 e. The van der Waals surface area contributed by atoms with Crippen LogP contribution in [0.2, 0.25) is 0 Å². The summed E-state index contributed by atoms with van der Waals surface area (Å²) in [6.07, 6.45) is 7.26. The van der Waals surface area contributed by atoms with Crippen LogP contribution in [-0.2, 0) is 9.47 Å². The second-order valence-corrected chi connectivity index (χ2v) is 2.90. The van der Waals surface area contributed by atoms with Crippen molar-refractivity contribution < 1.29 is 9.47 Å². The summed E-state index contributed by atoms with van der Waals surface area (Å²) in [4.78, 5) is 0. The van der Waals surface area contributed by atoms with Crippen LogP contribution < -0.4 is 0 Å². The summed E-state index contributed by atoms with van der Waals surface area (Å²) in [6.45, 7) is 0. The van der Waals surface area contributed by atoms with Gasteiger partial charge in [-0.3, -0.25) is 0 Å². The van der Waals surface area contributed by atoms with Gasteiger partial charge in [-0.1, -0.05) is 12.2 Å². The molecule has 9 heavy (non-hydrogen) atoms. The first kappa shape index (κ1) is 4.47. The highest BCUT2D eigenvalue weighted by atomic mass is 16.6. The fourth-order valence-corrected chi connectivity index (χ4v) is 1.48. The SMILES string of the molecule is C1=C[C@@H]2O[C@@H]2C[C@H]2O[C@@H]12. The van der Waals surface area contributed by atoms with Crippen molar-refractivity contribution in [1.29, 1.82) is 0 Å². The van der Waals surface area contributed by atoms with Crippen LogP contribution in [0.25, 0.3) is 0 Å². The zero-order chi connectivity index (χ0) is 5.84. The van der Waals surface area contributed by atoms with Gasteiger partial charge in [0.2, 0.25) is 0 Å². The molecule has 0 spiro atoms. The summed E-state index contributed by atoms with van der Waals surface area (Å²) in [5.74, 6) is 0. The predicted molar refractivity (Wildman–Crippen MR) is 31.1 cm³/mol. The van der Waals surface area contributed by atoms with E-state index in [2.05, 4.69) is 12.2 Å². The molecular formula is C7H8O2. The topological polar surface area (TPSA) is 25.1 Å². The normalized spacial score (nSPS) is 59.6. The first-order valence-electron chi connectivity index (χ1n) is 3.43. The molecule has 4 atom stereocenters. The molecule has 0 saturated carbocycles. The Morgan fingerprint density at radius 2 is 1.56 bits per heavy atom. The molecule has 0 N–H and O–H groups in total. The Bertz CT molecular complexity index is 158. The molecule has 0 radical (unpaired) electrons. The molecule has 0 aromatic carbocycles. The van der Waals surface area contributed by atoms with E-state index in [9.17, 15) is 0 Å². The maximum atomic E-state index is 5.29. The Morgan fingerprint density at radius 3 is 2.11 bits per heavy atom. The first-order chi connectivity index (χ1) is 4.43. The van der Waals surface area contributed by atoms with Gasteiger partial charge in [-0.05, 0) is 0 Å². The minimum atomic E-state index is 0.446. The lowest BCUT2D eigenvalue weighted by Gasteiger charge is -1.81. The van der Waals surface area contributed by atoms with Gasteiger partial charge in [-0.25, -0.2) is 0 Å². The molecule has 2 heterocycles. The van der Waals surface area contributed by atoms with Crippen LogP contribution in [0.5, 0.6) is 0 Å². The summed E-state index contributed by atoms with van der Waals surface area (Å²) in [5.41, 5.74) is 0. The van der Waals surface area contributed by atoms with Gasteiger partial charge in [-0.2, -0.15) is 0 Å². The average molecular weight is 124 g/mol. The molecule has 3 aliphatic rings. The van der Waals surface area contributed by atoms with Crippen molar-refractivity contribution >= 4 is 0 Å². The molecule has 2 fully saturated rings. The van der Waals surface area contributed by atoms with E-state index >= 15 is 0 Å². The third kappa shape index (κ3) is 0.575. The summed E-state index contributed by atoms with van der Waals surface area (Å²) in [5, 5.41) is 0. The molecule has 2 aliphatic heterocycles. The smallest absolute Gasteiger partial charge is 0.102 e. The first-order valence-corrected chi connectivity index (χ1v) is 3.43. The summed E-state index contributed by atoms with van der Waals surface area (Å²) in [6, 6.07) is 0. The van der Waals surface area contributed by atoms with Crippen molar-refractivity contribution in [2.24, 2.45) is 0 Å². The van der Waals surface area contributed by atoms with E-state index in [0.717, 1.165) is 6.42 Å². The summed E-state index contributed by atoms with van der Waals surface area (Å²) >= 11 is 0. The van der Waals surface area contributed by atoms with Crippen LogP contribution in [0, 0.1) is 0 Å². The Hall–Kier alpha value is -0.340. The Balaban J connectivity index is 1.89. The van der Waals surface area contributed by atoms with Crippen molar-refractivity contribution in [2.45, 2.75) is 30.8 Å². The van der Waals surface area contributed by atoms with Gasteiger partial charge in [-0.15, -0.1) is 0 Å². The van der Waals surface area contributed by atoms with Crippen LogP contribution in [0.3, 0.4) is 0 Å². The fourth-order valence-electron chi connectivity index (χ4n) is 1.48. The second kappa shape index (κ2) is 1.22. The van der Waals surface area contributed by atoms with Crippen LogP contribution in [-0.4, -0.2) is 24.4 Å². The van der Waals surface area contributed by atoms with Gasteiger partial charge in [0.15, 0.2) is 0 Å². The maximum Gasteiger partial charge on any atom is 0.102 e. The van der Waals surface area contributed by atoms with E-state index in [4.69, 9.17) is 9.47 Å². The van der Waals surface area contributed by atoms with Gasteiger partial charge in [0.25, 0.3) is 0 Å². The van der Waals surface area contributed by atoms with Crippen molar-refractivity contribution in [3.63, 3.8) is 0 Å². The number of rotatable bonds is 0. The third-order valence-electron chi connectivity index (χ3n) is 2.20. The number of hydrogen-bond acceptors (Lipinski definition) is 2. The van der Waals surface area contributed by atoms with Crippen molar-refractivity contribution in [3.8, 4) is 0 Å². The molecule has 0 amide bonds. The number of epoxide rings is 2. The lowest BCUT2D eigenvalue weighted by atomic mass is 10.2. The van der Waals surface area contributed by atoms with Crippen LogP contribution in [0.1, 0.15) is 6.42 Å². The minimum absolute atomic E-state index is 0.446. The predicted octanol–water partition coefficient (Wildman–Crippen LogP) is 0.481. The summed E-state index contributed by atoms with van der Waals surface area (Å²) < 4.78 is 10.6.